The highest BCUT2D eigenvalue weighted by Gasteiger charge is 2.38. The zero-order valence-electron chi connectivity index (χ0n) is 18.0. The number of ether oxygens (including phenoxy) is 1. The summed E-state index contributed by atoms with van der Waals surface area (Å²) < 4.78 is 5.52. The topological polar surface area (TPSA) is 100 Å². The molecule has 0 aliphatic carbocycles. The number of amides is 3. The van der Waals surface area contributed by atoms with Crippen molar-refractivity contribution >= 4 is 47.0 Å². The van der Waals surface area contributed by atoms with E-state index in [-0.39, 0.29) is 11.7 Å². The Kier molecular flexibility index (Phi) is 7.32. The summed E-state index contributed by atoms with van der Waals surface area (Å²) in [6, 6.07) is 12.9. The predicted octanol–water partition coefficient (Wildman–Crippen LogP) is 2.41. The molecule has 1 saturated heterocycles. The number of benzene rings is 2. The molecular formula is C23H24N4O4S. The average molecular weight is 453 g/mol. The van der Waals surface area contributed by atoms with Crippen LogP contribution in [0.25, 0.3) is 0 Å². The van der Waals surface area contributed by atoms with Crippen molar-refractivity contribution < 1.29 is 19.1 Å². The molecule has 166 valence electrons. The van der Waals surface area contributed by atoms with E-state index in [0.717, 1.165) is 29.3 Å². The summed E-state index contributed by atoms with van der Waals surface area (Å²) in [5.74, 6) is -2.32. The van der Waals surface area contributed by atoms with E-state index >= 15 is 0 Å². The Labute approximate surface area is 191 Å². The van der Waals surface area contributed by atoms with Crippen molar-refractivity contribution in [3.63, 3.8) is 0 Å². The molecule has 3 rings (SSSR count). The summed E-state index contributed by atoms with van der Waals surface area (Å²) >= 11 is 5.15. The zero-order chi connectivity index (χ0) is 23.3. The van der Waals surface area contributed by atoms with Crippen molar-refractivity contribution in [2.24, 2.45) is 11.0 Å². The molecule has 0 bridgehead atoms. The molecule has 0 radical (unpaired) electrons. The van der Waals surface area contributed by atoms with E-state index < -0.39 is 23.6 Å². The smallest absolute Gasteiger partial charge is 0.277 e. The molecule has 1 fully saturated rings. The molecule has 8 nitrogen and oxygen atoms in total. The van der Waals surface area contributed by atoms with Crippen LogP contribution in [0.4, 0.5) is 5.69 Å². The van der Waals surface area contributed by atoms with E-state index in [2.05, 4.69) is 21.9 Å². The number of carbonyl (C=O) groups is 3. The summed E-state index contributed by atoms with van der Waals surface area (Å²) in [5.41, 5.74) is 5.98. The molecule has 32 heavy (non-hydrogen) atoms. The summed E-state index contributed by atoms with van der Waals surface area (Å²) in [4.78, 5) is 38.4. The van der Waals surface area contributed by atoms with Gasteiger partial charge in [-0.3, -0.25) is 19.3 Å². The van der Waals surface area contributed by atoms with Crippen LogP contribution in [0.5, 0.6) is 5.75 Å². The van der Waals surface area contributed by atoms with Crippen molar-refractivity contribution in [3.8, 4) is 5.75 Å². The van der Waals surface area contributed by atoms with Gasteiger partial charge in [0, 0.05) is 6.21 Å². The van der Waals surface area contributed by atoms with E-state index in [4.69, 9.17) is 17.0 Å². The average Bonchev–Trinajstić information content (AvgIpc) is 2.75. The molecule has 2 N–H and O–H groups in total. The second-order valence-electron chi connectivity index (χ2n) is 7.39. The largest absolute Gasteiger partial charge is 0.484 e. The van der Waals surface area contributed by atoms with Crippen LogP contribution in [0.3, 0.4) is 0 Å². The Balaban J connectivity index is 1.61. The first-order chi connectivity index (χ1) is 15.3. The number of hydrogen-bond donors (Lipinski definition) is 2. The lowest BCUT2D eigenvalue weighted by Crippen LogP contribution is -2.58. The van der Waals surface area contributed by atoms with Crippen LogP contribution in [0.1, 0.15) is 23.6 Å². The molecule has 1 heterocycles. The van der Waals surface area contributed by atoms with Gasteiger partial charge >= 0.3 is 0 Å². The van der Waals surface area contributed by atoms with Crippen molar-refractivity contribution in [1.29, 1.82) is 0 Å². The van der Waals surface area contributed by atoms with Gasteiger partial charge in [-0.15, -0.1) is 0 Å². The summed E-state index contributed by atoms with van der Waals surface area (Å²) in [6.45, 7) is 5.66. The van der Waals surface area contributed by atoms with Crippen LogP contribution in [-0.4, -0.2) is 35.7 Å². The first kappa shape index (κ1) is 23.1. The number of rotatable bonds is 7. The van der Waals surface area contributed by atoms with E-state index in [0.29, 0.717) is 11.4 Å². The fourth-order valence-electron chi connectivity index (χ4n) is 3.14. The molecular weight excluding hydrogens is 428 g/mol. The van der Waals surface area contributed by atoms with Gasteiger partial charge in [0.25, 0.3) is 11.8 Å². The maximum atomic E-state index is 12.9. The first-order valence-corrected chi connectivity index (χ1v) is 10.5. The molecule has 3 amide bonds. The highest BCUT2D eigenvalue weighted by Crippen LogP contribution is 2.21. The Hall–Kier alpha value is -3.59. The van der Waals surface area contributed by atoms with Gasteiger partial charge in [-0.2, -0.15) is 5.10 Å². The van der Waals surface area contributed by atoms with Crippen LogP contribution in [0, 0.1) is 19.8 Å². The standard InChI is InChI=1S/C23H24N4O4S/c1-4-16-9-15(3)10-18(11-16)31-13-20(28)26-24-12-19-21(29)25-23(32)27(22(19)30)17-7-5-14(2)6-8-17/h5-12,19H,4,13H2,1-3H3,(H,26,28)(H,25,29,32)/b24-12-/t19-/m1/s1. The molecule has 2 aromatic carbocycles. The lowest BCUT2D eigenvalue weighted by atomic mass is 10.1. The van der Waals surface area contributed by atoms with Gasteiger partial charge in [-0.25, -0.2) is 5.43 Å². The number of aryl methyl sites for hydroxylation is 3. The van der Waals surface area contributed by atoms with Gasteiger partial charge in [0.15, 0.2) is 17.6 Å². The van der Waals surface area contributed by atoms with Crippen molar-refractivity contribution in [2.45, 2.75) is 27.2 Å². The number of thiocarbonyl (C=S) groups is 1. The monoisotopic (exact) mass is 452 g/mol. The molecule has 0 saturated carbocycles. The van der Waals surface area contributed by atoms with Gasteiger partial charge < -0.3 is 10.1 Å². The molecule has 0 spiro atoms. The summed E-state index contributed by atoms with van der Waals surface area (Å²) in [7, 11) is 0. The van der Waals surface area contributed by atoms with Gasteiger partial charge in [0.2, 0.25) is 5.91 Å². The summed E-state index contributed by atoms with van der Waals surface area (Å²) in [5, 5.41) is 6.26. The number of nitrogens with zero attached hydrogens (tertiary/aromatic N) is 2. The number of anilines is 1. The third-order valence-electron chi connectivity index (χ3n) is 4.80. The third kappa shape index (κ3) is 5.55. The highest BCUT2D eigenvalue weighted by molar-refractivity contribution is 7.80. The van der Waals surface area contributed by atoms with Gasteiger partial charge in [0.05, 0.1) is 5.69 Å². The highest BCUT2D eigenvalue weighted by atomic mass is 32.1. The number of hydrogen-bond acceptors (Lipinski definition) is 6. The quantitative estimate of drug-likeness (QED) is 0.291. The number of carbonyl (C=O) groups excluding carboxylic acids is 3. The minimum atomic E-state index is -1.23. The second-order valence-corrected chi connectivity index (χ2v) is 7.78. The maximum Gasteiger partial charge on any atom is 0.277 e. The zero-order valence-corrected chi connectivity index (χ0v) is 18.9. The van der Waals surface area contributed by atoms with Crippen LogP contribution >= 0.6 is 12.2 Å². The van der Waals surface area contributed by atoms with E-state index in [1.165, 1.54) is 4.90 Å². The van der Waals surface area contributed by atoms with Gasteiger partial charge in [-0.1, -0.05) is 30.7 Å². The van der Waals surface area contributed by atoms with Gasteiger partial charge in [0.1, 0.15) is 5.75 Å². The van der Waals surface area contributed by atoms with E-state index in [9.17, 15) is 14.4 Å². The van der Waals surface area contributed by atoms with Crippen LogP contribution in [-0.2, 0) is 20.8 Å². The van der Waals surface area contributed by atoms with Crippen molar-refractivity contribution in [3.05, 3.63) is 59.2 Å². The minimum absolute atomic E-state index is 0.00413. The molecule has 1 atom stereocenters. The fourth-order valence-corrected chi connectivity index (χ4v) is 3.43. The third-order valence-corrected chi connectivity index (χ3v) is 5.08. The van der Waals surface area contributed by atoms with Crippen LogP contribution < -0.4 is 20.4 Å². The van der Waals surface area contributed by atoms with Gasteiger partial charge in [-0.05, 0) is 67.9 Å². The Morgan fingerprint density at radius 3 is 2.59 bits per heavy atom. The normalized spacial score (nSPS) is 16.3. The second kappa shape index (κ2) is 10.1. The Morgan fingerprint density at radius 2 is 1.91 bits per heavy atom. The Morgan fingerprint density at radius 1 is 1.19 bits per heavy atom. The van der Waals surface area contributed by atoms with Crippen molar-refractivity contribution in [2.75, 3.05) is 11.5 Å². The SMILES string of the molecule is CCc1cc(C)cc(OCC(=O)N/N=C\[C@@H]2C(=O)NC(=S)N(c3ccc(C)cc3)C2=O)c1. The number of nitrogens with one attached hydrogen (secondary N) is 2. The molecule has 2 aromatic rings. The number of hydrazone groups is 1. The summed E-state index contributed by atoms with van der Waals surface area (Å²) in [6.07, 6.45) is 1.94. The predicted molar refractivity (Wildman–Crippen MR) is 126 cm³/mol. The van der Waals surface area contributed by atoms with Crippen LogP contribution in [0.15, 0.2) is 47.6 Å². The van der Waals surface area contributed by atoms with Crippen LogP contribution in [0.2, 0.25) is 0 Å². The maximum absolute atomic E-state index is 12.9. The lowest BCUT2D eigenvalue weighted by molar-refractivity contribution is -0.130. The van der Waals surface area contributed by atoms with Crippen molar-refractivity contribution in [1.82, 2.24) is 10.7 Å². The Bertz CT molecular complexity index is 1080. The first-order valence-electron chi connectivity index (χ1n) is 10.1. The molecule has 0 unspecified atom stereocenters. The molecule has 0 aromatic heterocycles. The minimum Gasteiger partial charge on any atom is -0.484 e. The van der Waals surface area contributed by atoms with E-state index in [1.807, 2.05) is 45.0 Å². The molecule has 1 aliphatic heterocycles. The lowest BCUT2D eigenvalue weighted by Gasteiger charge is -2.30. The van der Waals surface area contributed by atoms with E-state index in [1.54, 1.807) is 12.1 Å². The fraction of sp³-hybridized carbons (Fsp3) is 0.261. The molecule has 9 heteroatoms. The molecule has 1 aliphatic rings.